The zero-order valence-electron chi connectivity index (χ0n) is 20.0. The van der Waals surface area contributed by atoms with Crippen molar-refractivity contribution in [2.75, 3.05) is 6.61 Å². The van der Waals surface area contributed by atoms with Crippen molar-refractivity contribution < 1.29 is 18.9 Å². The van der Waals surface area contributed by atoms with Gasteiger partial charge in [0.1, 0.15) is 5.92 Å². The lowest BCUT2D eigenvalue weighted by Crippen LogP contribution is -2.26. The van der Waals surface area contributed by atoms with E-state index in [2.05, 4.69) is 46.8 Å². The lowest BCUT2D eigenvalue weighted by molar-refractivity contribution is -0.144. The average molecular weight is 445 g/mol. The van der Waals surface area contributed by atoms with Crippen LogP contribution in [0.1, 0.15) is 79.6 Å². The Hall–Kier alpha value is -2.19. The van der Waals surface area contributed by atoms with Crippen LogP contribution in [0.15, 0.2) is 42.5 Å². The molecule has 0 radical (unpaired) electrons. The minimum Gasteiger partial charge on any atom is -0.465 e. The summed E-state index contributed by atoms with van der Waals surface area (Å²) in [6.45, 7) is 14.8. The highest BCUT2D eigenvalue weighted by Crippen LogP contribution is 2.31. The first-order chi connectivity index (χ1) is 14.5. The van der Waals surface area contributed by atoms with Crippen LogP contribution < -0.4 is 0 Å². The maximum atomic E-state index is 13.6. The Morgan fingerprint density at radius 1 is 0.968 bits per heavy atom. The van der Waals surface area contributed by atoms with Crippen molar-refractivity contribution in [3.8, 4) is 0 Å². The molecule has 5 heteroatoms. The summed E-state index contributed by atoms with van der Waals surface area (Å²) in [5.41, 5.74) is 4.26. The van der Waals surface area contributed by atoms with E-state index in [4.69, 9.17) is 9.30 Å². The summed E-state index contributed by atoms with van der Waals surface area (Å²) in [5.74, 6) is -1.17. The molecule has 0 heterocycles. The molecular weight excluding hydrogens is 407 g/mol. The van der Waals surface area contributed by atoms with E-state index in [1.54, 1.807) is 0 Å². The minimum absolute atomic E-state index is 0.00823. The molecule has 0 bridgehead atoms. The van der Waals surface area contributed by atoms with Crippen molar-refractivity contribution in [2.45, 2.75) is 66.2 Å². The van der Waals surface area contributed by atoms with Gasteiger partial charge in [-0.15, -0.1) is 0 Å². The molecule has 31 heavy (non-hydrogen) atoms. The third-order valence-electron chi connectivity index (χ3n) is 5.22. The maximum Gasteiger partial charge on any atom is 0.321 e. The standard InChI is InChI=1S/C26H34O3.H3OP/c1-17(2)13-14-29-25(28)23(20-11-9-8-10-12-20)24(27)22-18(3)15-21(16-19(22)4)26(5,6)7;1-2/h8-12,15-17,23H,13-14H2,1-7H3;2H3. The molecule has 0 N–H and O–H groups in total. The number of esters is 1. The second-order valence-electron chi connectivity index (χ2n) is 9.29. The largest absolute Gasteiger partial charge is 0.465 e. The van der Waals surface area contributed by atoms with Gasteiger partial charge < -0.3 is 9.30 Å². The Morgan fingerprint density at radius 3 is 1.94 bits per heavy atom. The number of hydrogen-bond acceptors (Lipinski definition) is 4. The van der Waals surface area contributed by atoms with Crippen molar-refractivity contribution in [3.05, 3.63) is 70.3 Å². The predicted octanol–water partition coefficient (Wildman–Crippen LogP) is 6.10. The minimum atomic E-state index is -0.943. The van der Waals surface area contributed by atoms with Gasteiger partial charge in [-0.3, -0.25) is 9.59 Å². The molecule has 0 amide bonds. The van der Waals surface area contributed by atoms with Gasteiger partial charge in [0, 0.05) is 5.56 Å². The topological polar surface area (TPSA) is 60.4 Å². The van der Waals surface area contributed by atoms with Gasteiger partial charge in [0.2, 0.25) is 0 Å². The van der Waals surface area contributed by atoms with E-state index < -0.39 is 11.9 Å². The highest BCUT2D eigenvalue weighted by atomic mass is 31.0. The van der Waals surface area contributed by atoms with Gasteiger partial charge in [0.25, 0.3) is 0 Å². The van der Waals surface area contributed by atoms with Crippen LogP contribution in [0.2, 0.25) is 0 Å². The molecule has 0 fully saturated rings. The first-order valence-corrected chi connectivity index (χ1v) is 11.3. The van der Waals surface area contributed by atoms with E-state index >= 15 is 0 Å². The van der Waals surface area contributed by atoms with Crippen molar-refractivity contribution in [2.24, 2.45) is 5.92 Å². The number of benzene rings is 2. The third kappa shape index (κ3) is 7.47. The molecule has 2 aromatic rings. The number of hydrogen-bond donors (Lipinski definition) is 0. The van der Waals surface area contributed by atoms with Gasteiger partial charge in [-0.25, -0.2) is 0 Å². The SMILES string of the molecule is Cc1cc(C(C)(C)C)cc(C)c1C(=O)C(C(=O)OCCC(C)C)c1ccccc1.O=[PH3]. The van der Waals surface area contributed by atoms with Gasteiger partial charge in [0.15, 0.2) is 5.78 Å². The molecular formula is C26H37O4P. The van der Waals surface area contributed by atoms with Gasteiger partial charge >= 0.3 is 5.97 Å². The maximum absolute atomic E-state index is 13.6. The van der Waals surface area contributed by atoms with E-state index in [1.807, 2.05) is 44.2 Å². The summed E-state index contributed by atoms with van der Waals surface area (Å²) >= 11 is 0. The molecule has 2 unspecified atom stereocenters. The fraction of sp³-hybridized carbons (Fsp3) is 0.462. The summed E-state index contributed by atoms with van der Waals surface area (Å²) in [6.07, 6.45) is 0.778. The average Bonchev–Trinajstić information content (AvgIpc) is 2.69. The van der Waals surface area contributed by atoms with Gasteiger partial charge in [-0.05, 0) is 53.9 Å². The second-order valence-corrected chi connectivity index (χ2v) is 9.29. The number of ketones is 1. The number of ether oxygens (including phenoxy) is 1. The fourth-order valence-corrected chi connectivity index (χ4v) is 3.45. The van der Waals surface area contributed by atoms with E-state index in [1.165, 1.54) is 5.56 Å². The van der Waals surface area contributed by atoms with Gasteiger partial charge in [-0.2, -0.15) is 0 Å². The summed E-state index contributed by atoms with van der Waals surface area (Å²) < 4.78 is 13.8. The third-order valence-corrected chi connectivity index (χ3v) is 5.22. The van der Waals surface area contributed by atoms with Crippen molar-refractivity contribution >= 4 is 20.9 Å². The Balaban J connectivity index is 0.00000233. The zero-order valence-corrected chi connectivity index (χ0v) is 21.4. The fourth-order valence-electron chi connectivity index (χ4n) is 3.45. The summed E-state index contributed by atoms with van der Waals surface area (Å²) in [5, 5.41) is 0. The lowest BCUT2D eigenvalue weighted by atomic mass is 9.81. The van der Waals surface area contributed by atoms with Crippen molar-refractivity contribution in [1.82, 2.24) is 0 Å². The molecule has 2 rings (SSSR count). The lowest BCUT2D eigenvalue weighted by Gasteiger charge is -2.23. The van der Waals surface area contributed by atoms with E-state index in [0.29, 0.717) is 32.8 Å². The molecule has 0 aliphatic rings. The van der Waals surface area contributed by atoms with Crippen molar-refractivity contribution in [1.29, 1.82) is 0 Å². The Labute approximate surface area is 189 Å². The molecule has 0 aliphatic heterocycles. The highest BCUT2D eigenvalue weighted by molar-refractivity contribution is 7.00. The van der Waals surface area contributed by atoms with E-state index in [9.17, 15) is 9.59 Å². The Bertz CT molecular complexity index is 859. The molecule has 0 aromatic heterocycles. The van der Waals surface area contributed by atoms with Gasteiger partial charge in [0.05, 0.1) is 15.7 Å². The number of rotatable bonds is 7. The zero-order chi connectivity index (χ0) is 23.8. The van der Waals surface area contributed by atoms with Crippen LogP contribution in [0.3, 0.4) is 0 Å². The Kier molecular flexibility index (Phi) is 10.4. The molecule has 2 aromatic carbocycles. The van der Waals surface area contributed by atoms with Crippen molar-refractivity contribution in [3.63, 3.8) is 0 Å². The Morgan fingerprint density at radius 2 is 1.48 bits per heavy atom. The first kappa shape index (κ1) is 26.8. The molecule has 0 saturated heterocycles. The normalized spacial score (nSPS) is 12.1. The summed E-state index contributed by atoms with van der Waals surface area (Å²) in [6, 6.07) is 13.3. The van der Waals surface area contributed by atoms with Crippen LogP contribution in [0.5, 0.6) is 0 Å². The monoisotopic (exact) mass is 444 g/mol. The molecule has 4 nitrogen and oxygen atoms in total. The summed E-state index contributed by atoms with van der Waals surface area (Å²) in [7, 11) is 0.611. The first-order valence-electron chi connectivity index (χ1n) is 10.7. The smallest absolute Gasteiger partial charge is 0.321 e. The van der Waals surface area contributed by atoms with E-state index in [-0.39, 0.29) is 11.2 Å². The van der Waals surface area contributed by atoms with Gasteiger partial charge in [-0.1, -0.05) is 77.1 Å². The summed E-state index contributed by atoms with van der Waals surface area (Å²) in [4.78, 5) is 26.5. The highest BCUT2D eigenvalue weighted by Gasteiger charge is 2.33. The van der Waals surface area contributed by atoms with Crippen LogP contribution in [0.25, 0.3) is 0 Å². The molecule has 2 atom stereocenters. The van der Waals surface area contributed by atoms with Crippen LogP contribution in [0.4, 0.5) is 0 Å². The number of Topliss-reactive ketones (excluding diaryl/α,β-unsaturated/α-hetero) is 1. The second kappa shape index (κ2) is 12.0. The number of carbonyl (C=O) groups excluding carboxylic acids is 2. The van der Waals surface area contributed by atoms with Crippen LogP contribution in [0, 0.1) is 19.8 Å². The number of carbonyl (C=O) groups is 2. The molecule has 0 aliphatic carbocycles. The predicted molar refractivity (Wildman–Crippen MR) is 130 cm³/mol. The van der Waals surface area contributed by atoms with Crippen LogP contribution >= 0.6 is 9.12 Å². The van der Waals surface area contributed by atoms with Crippen LogP contribution in [-0.4, -0.2) is 18.4 Å². The molecule has 0 saturated carbocycles. The number of aryl methyl sites for hydroxylation is 2. The molecule has 0 spiro atoms. The molecule has 170 valence electrons. The van der Waals surface area contributed by atoms with Crippen LogP contribution in [-0.2, 0) is 19.5 Å². The quantitative estimate of drug-likeness (QED) is 0.224. The van der Waals surface area contributed by atoms with E-state index in [0.717, 1.165) is 17.5 Å².